The lowest BCUT2D eigenvalue weighted by Gasteiger charge is -2.37. The number of aromatic nitrogens is 3. The first kappa shape index (κ1) is 9.65. The summed E-state index contributed by atoms with van der Waals surface area (Å²) in [6, 6.07) is 0.293. The van der Waals surface area contributed by atoms with Gasteiger partial charge in [-0.05, 0) is 31.7 Å². The van der Waals surface area contributed by atoms with E-state index in [1.54, 1.807) is 0 Å². The maximum Gasteiger partial charge on any atom is 0.168 e. The molecule has 0 bridgehead atoms. The molecule has 0 aromatic carbocycles. The van der Waals surface area contributed by atoms with Crippen LogP contribution in [-0.4, -0.2) is 21.7 Å². The van der Waals surface area contributed by atoms with Crippen molar-refractivity contribution in [3.8, 4) is 0 Å². The van der Waals surface area contributed by atoms with Crippen LogP contribution < -0.4 is 5.32 Å². The molecule has 0 radical (unpaired) electrons. The Hall–Kier alpha value is -0.900. The van der Waals surface area contributed by atoms with Crippen LogP contribution in [0.3, 0.4) is 0 Å². The minimum absolute atomic E-state index is 0.257. The Morgan fingerprint density at radius 1 is 1.43 bits per heavy atom. The van der Waals surface area contributed by atoms with E-state index in [2.05, 4.69) is 34.3 Å². The van der Waals surface area contributed by atoms with Crippen LogP contribution in [0.25, 0.3) is 0 Å². The van der Waals surface area contributed by atoms with Gasteiger partial charge < -0.3 is 5.32 Å². The third-order valence-electron chi connectivity index (χ3n) is 3.00. The quantitative estimate of drug-likeness (QED) is 0.713. The molecule has 1 aromatic rings. The summed E-state index contributed by atoms with van der Waals surface area (Å²) in [6.45, 7) is 7.55. The molecule has 78 valence electrons. The van der Waals surface area contributed by atoms with Crippen molar-refractivity contribution in [2.45, 2.75) is 39.7 Å². The average Bonchev–Trinajstić information content (AvgIpc) is 2.51. The molecular weight excluding hydrogens is 176 g/mol. The van der Waals surface area contributed by atoms with Crippen LogP contribution in [-0.2, 0) is 0 Å². The van der Waals surface area contributed by atoms with Gasteiger partial charge in [-0.2, -0.15) is 5.10 Å². The molecule has 1 saturated heterocycles. The summed E-state index contributed by atoms with van der Waals surface area (Å²) in [5, 5.41) is 10.6. The van der Waals surface area contributed by atoms with Crippen LogP contribution in [0.4, 0.5) is 0 Å². The van der Waals surface area contributed by atoms with Crippen LogP contribution in [0.5, 0.6) is 0 Å². The van der Waals surface area contributed by atoms with E-state index in [-0.39, 0.29) is 5.41 Å². The number of nitrogens with one attached hydrogen (secondary N) is 2. The Balaban J connectivity index is 2.23. The fraction of sp³-hybridized carbons (Fsp3) is 0.800. The predicted octanol–water partition coefficient (Wildman–Crippen LogP) is 1.56. The molecule has 14 heavy (non-hydrogen) atoms. The van der Waals surface area contributed by atoms with Crippen molar-refractivity contribution in [3.63, 3.8) is 0 Å². The van der Waals surface area contributed by atoms with Crippen LogP contribution in [0.1, 0.15) is 44.4 Å². The third-order valence-corrected chi connectivity index (χ3v) is 3.00. The van der Waals surface area contributed by atoms with E-state index in [0.717, 1.165) is 18.2 Å². The second-order valence-electron chi connectivity index (χ2n) is 4.76. The van der Waals surface area contributed by atoms with Crippen molar-refractivity contribution >= 4 is 0 Å². The fourth-order valence-electron chi connectivity index (χ4n) is 2.14. The van der Waals surface area contributed by atoms with Crippen LogP contribution in [0.15, 0.2) is 0 Å². The zero-order valence-corrected chi connectivity index (χ0v) is 9.09. The molecule has 1 aliphatic heterocycles. The lowest BCUT2D eigenvalue weighted by molar-refractivity contribution is 0.174. The number of piperidine rings is 1. The lowest BCUT2D eigenvalue weighted by Crippen LogP contribution is -2.40. The predicted molar refractivity (Wildman–Crippen MR) is 54.9 cm³/mol. The summed E-state index contributed by atoms with van der Waals surface area (Å²) >= 11 is 0. The summed E-state index contributed by atoms with van der Waals surface area (Å²) in [4.78, 5) is 4.40. The van der Waals surface area contributed by atoms with E-state index >= 15 is 0 Å². The van der Waals surface area contributed by atoms with Gasteiger partial charge in [0.2, 0.25) is 0 Å². The number of H-pyrrole nitrogens is 1. The van der Waals surface area contributed by atoms with Gasteiger partial charge >= 0.3 is 0 Å². The van der Waals surface area contributed by atoms with Gasteiger partial charge in [0, 0.05) is 0 Å². The van der Waals surface area contributed by atoms with E-state index in [1.165, 1.54) is 12.8 Å². The highest BCUT2D eigenvalue weighted by Crippen LogP contribution is 2.38. The lowest BCUT2D eigenvalue weighted by atomic mass is 9.77. The summed E-state index contributed by atoms with van der Waals surface area (Å²) in [5.41, 5.74) is 0.257. The summed E-state index contributed by atoms with van der Waals surface area (Å²) in [7, 11) is 0. The van der Waals surface area contributed by atoms with Crippen molar-refractivity contribution < 1.29 is 0 Å². The third kappa shape index (κ3) is 1.66. The molecule has 1 fully saturated rings. The first-order valence-corrected chi connectivity index (χ1v) is 5.22. The molecule has 0 aliphatic carbocycles. The number of hydrogen-bond donors (Lipinski definition) is 2. The molecule has 0 spiro atoms. The van der Waals surface area contributed by atoms with E-state index in [4.69, 9.17) is 0 Å². The van der Waals surface area contributed by atoms with Gasteiger partial charge in [0.05, 0.1) is 6.04 Å². The molecule has 0 amide bonds. The normalized spacial score (nSPS) is 26.4. The maximum atomic E-state index is 4.40. The van der Waals surface area contributed by atoms with E-state index < -0.39 is 0 Å². The minimum atomic E-state index is 0.257. The minimum Gasteiger partial charge on any atom is -0.307 e. The highest BCUT2D eigenvalue weighted by Gasteiger charge is 2.35. The van der Waals surface area contributed by atoms with Crippen molar-refractivity contribution in [1.82, 2.24) is 20.5 Å². The highest BCUT2D eigenvalue weighted by molar-refractivity contribution is 5.03. The molecule has 2 heterocycles. The maximum absolute atomic E-state index is 4.40. The van der Waals surface area contributed by atoms with Crippen molar-refractivity contribution in [1.29, 1.82) is 0 Å². The molecule has 1 unspecified atom stereocenters. The number of aromatic amines is 1. The first-order chi connectivity index (χ1) is 6.59. The fourth-order valence-corrected chi connectivity index (χ4v) is 2.14. The van der Waals surface area contributed by atoms with Gasteiger partial charge in [0.15, 0.2) is 5.82 Å². The van der Waals surface area contributed by atoms with E-state index in [0.29, 0.717) is 6.04 Å². The van der Waals surface area contributed by atoms with E-state index in [9.17, 15) is 0 Å². The largest absolute Gasteiger partial charge is 0.307 e. The van der Waals surface area contributed by atoms with Crippen molar-refractivity contribution in [2.24, 2.45) is 5.41 Å². The Morgan fingerprint density at radius 3 is 2.79 bits per heavy atom. The average molecular weight is 194 g/mol. The van der Waals surface area contributed by atoms with Gasteiger partial charge in [-0.3, -0.25) is 5.10 Å². The first-order valence-electron chi connectivity index (χ1n) is 5.22. The van der Waals surface area contributed by atoms with Crippen LogP contribution in [0, 0.1) is 12.3 Å². The number of nitrogens with zero attached hydrogens (tertiary/aromatic N) is 2. The standard InChI is InChI=1S/C10H18N4/c1-7-12-9(14-13-7)8-10(2,3)5-4-6-11-8/h8,11H,4-6H2,1-3H3,(H,12,13,14). The van der Waals surface area contributed by atoms with Crippen LogP contribution in [0.2, 0.25) is 0 Å². The summed E-state index contributed by atoms with van der Waals surface area (Å²) < 4.78 is 0. The molecule has 2 N–H and O–H groups in total. The van der Waals surface area contributed by atoms with Gasteiger partial charge in [-0.25, -0.2) is 4.98 Å². The Morgan fingerprint density at radius 2 is 2.21 bits per heavy atom. The summed E-state index contributed by atoms with van der Waals surface area (Å²) in [5.74, 6) is 1.80. The monoisotopic (exact) mass is 194 g/mol. The Kier molecular flexibility index (Phi) is 2.31. The summed E-state index contributed by atoms with van der Waals surface area (Å²) in [6.07, 6.45) is 2.48. The molecule has 4 nitrogen and oxygen atoms in total. The van der Waals surface area contributed by atoms with Gasteiger partial charge in [-0.15, -0.1) is 0 Å². The molecule has 1 aliphatic rings. The number of rotatable bonds is 1. The number of hydrogen-bond acceptors (Lipinski definition) is 3. The molecule has 0 saturated carbocycles. The molecule has 4 heteroatoms. The van der Waals surface area contributed by atoms with Crippen molar-refractivity contribution in [2.75, 3.05) is 6.54 Å². The molecule has 1 aromatic heterocycles. The van der Waals surface area contributed by atoms with Gasteiger partial charge in [0.1, 0.15) is 5.82 Å². The molecular formula is C10H18N4. The molecule has 1 atom stereocenters. The smallest absolute Gasteiger partial charge is 0.168 e. The second-order valence-corrected chi connectivity index (χ2v) is 4.76. The van der Waals surface area contributed by atoms with Crippen molar-refractivity contribution in [3.05, 3.63) is 11.6 Å². The van der Waals surface area contributed by atoms with Gasteiger partial charge in [0.25, 0.3) is 0 Å². The topological polar surface area (TPSA) is 53.6 Å². The SMILES string of the molecule is Cc1nc(C2NCCCC2(C)C)n[nH]1. The van der Waals surface area contributed by atoms with Crippen LogP contribution >= 0.6 is 0 Å². The van der Waals surface area contributed by atoms with Gasteiger partial charge in [-0.1, -0.05) is 13.8 Å². The second kappa shape index (κ2) is 3.35. The zero-order chi connectivity index (χ0) is 10.2. The highest BCUT2D eigenvalue weighted by atomic mass is 15.2. The molecule has 2 rings (SSSR count). The zero-order valence-electron chi connectivity index (χ0n) is 9.09. The van der Waals surface area contributed by atoms with E-state index in [1.807, 2.05) is 6.92 Å². The Bertz CT molecular complexity index is 316. The Labute approximate surface area is 84.5 Å². The number of aryl methyl sites for hydroxylation is 1.